The van der Waals surface area contributed by atoms with Crippen LogP contribution in [0.3, 0.4) is 0 Å². The highest BCUT2D eigenvalue weighted by Crippen LogP contribution is 2.21. The van der Waals surface area contributed by atoms with Gasteiger partial charge in [0.2, 0.25) is 15.9 Å². The van der Waals surface area contributed by atoms with Gasteiger partial charge in [0.1, 0.15) is 6.04 Å². The van der Waals surface area contributed by atoms with E-state index in [0.29, 0.717) is 11.4 Å². The number of carbonyl (C=O) groups excluding carboxylic acids is 1. The average molecular weight is 346 g/mol. The molecule has 0 saturated carbocycles. The normalized spacial score (nSPS) is 12.5. The zero-order chi connectivity index (χ0) is 17.7. The molecule has 0 aliphatic heterocycles. The van der Waals surface area contributed by atoms with Gasteiger partial charge in [0.25, 0.3) is 0 Å². The lowest BCUT2D eigenvalue weighted by molar-refractivity contribution is -0.116. The fourth-order valence-corrected chi connectivity index (χ4v) is 3.63. The summed E-state index contributed by atoms with van der Waals surface area (Å²) < 4.78 is 25.4. The molecule has 5 nitrogen and oxygen atoms in total. The zero-order valence-electron chi connectivity index (χ0n) is 14.1. The lowest BCUT2D eigenvalue weighted by atomic mass is 10.1. The van der Waals surface area contributed by atoms with Crippen molar-refractivity contribution in [1.29, 1.82) is 0 Å². The van der Waals surface area contributed by atoms with Crippen molar-refractivity contribution in [2.45, 2.75) is 26.3 Å². The van der Waals surface area contributed by atoms with Crippen LogP contribution in [0.2, 0.25) is 0 Å². The molecule has 0 aromatic heterocycles. The summed E-state index contributed by atoms with van der Waals surface area (Å²) in [6, 6.07) is 15.2. The molecule has 0 spiro atoms. The summed E-state index contributed by atoms with van der Waals surface area (Å²) in [5.74, 6) is -0.381. The van der Waals surface area contributed by atoms with Gasteiger partial charge in [0, 0.05) is 5.69 Å². The largest absolute Gasteiger partial charge is 0.324 e. The van der Waals surface area contributed by atoms with Crippen LogP contribution in [0.1, 0.15) is 19.4 Å². The Labute approximate surface area is 143 Å². The first-order valence-corrected chi connectivity index (χ1v) is 9.62. The maximum atomic E-state index is 12.5. The molecule has 24 heavy (non-hydrogen) atoms. The van der Waals surface area contributed by atoms with Crippen molar-refractivity contribution in [2.75, 3.05) is 15.9 Å². The van der Waals surface area contributed by atoms with Crippen molar-refractivity contribution in [3.8, 4) is 0 Å². The minimum atomic E-state index is -3.59. The lowest BCUT2D eigenvalue weighted by Crippen LogP contribution is -2.45. The fourth-order valence-electron chi connectivity index (χ4n) is 2.45. The van der Waals surface area contributed by atoms with E-state index >= 15 is 0 Å². The Bertz CT molecular complexity index is 787. The van der Waals surface area contributed by atoms with E-state index in [9.17, 15) is 13.2 Å². The maximum Gasteiger partial charge on any atom is 0.247 e. The number of carbonyl (C=O) groups is 1. The van der Waals surface area contributed by atoms with Gasteiger partial charge in [-0.2, -0.15) is 0 Å². The predicted octanol–water partition coefficient (Wildman–Crippen LogP) is 3.04. The van der Waals surface area contributed by atoms with Gasteiger partial charge in [-0.05, 0) is 43.2 Å². The minimum absolute atomic E-state index is 0.381. The second-order valence-electron chi connectivity index (χ2n) is 5.61. The van der Waals surface area contributed by atoms with Gasteiger partial charge < -0.3 is 5.32 Å². The molecule has 1 atom stereocenters. The number of hydrogen-bond acceptors (Lipinski definition) is 3. The number of nitrogens with one attached hydrogen (secondary N) is 1. The molecule has 6 heteroatoms. The van der Waals surface area contributed by atoms with Crippen LogP contribution in [0.4, 0.5) is 11.4 Å². The third kappa shape index (κ3) is 4.35. The second-order valence-corrected chi connectivity index (χ2v) is 7.47. The van der Waals surface area contributed by atoms with Crippen molar-refractivity contribution < 1.29 is 13.2 Å². The SMILES string of the molecule is CCc1ccc(NC(=O)[C@@H](C)N(c2ccccc2)S(C)(=O)=O)cc1. The molecule has 128 valence electrons. The van der Waals surface area contributed by atoms with Crippen LogP contribution in [0.25, 0.3) is 0 Å². The van der Waals surface area contributed by atoms with Gasteiger partial charge in [-0.1, -0.05) is 37.3 Å². The third-order valence-corrected chi connectivity index (χ3v) is 4.97. The number of para-hydroxylation sites is 1. The Hall–Kier alpha value is -2.34. The molecule has 0 aliphatic carbocycles. The topological polar surface area (TPSA) is 66.5 Å². The Kier molecular flexibility index (Phi) is 5.62. The van der Waals surface area contributed by atoms with Crippen molar-refractivity contribution in [1.82, 2.24) is 0 Å². The number of benzene rings is 2. The number of anilines is 2. The molecule has 2 rings (SSSR count). The summed E-state index contributed by atoms with van der Waals surface area (Å²) in [4.78, 5) is 12.5. The molecule has 0 bridgehead atoms. The number of aryl methyl sites for hydroxylation is 1. The first-order chi connectivity index (χ1) is 11.3. The number of rotatable bonds is 6. The number of nitrogens with zero attached hydrogens (tertiary/aromatic N) is 1. The molecule has 1 N–H and O–H groups in total. The van der Waals surface area contributed by atoms with E-state index in [0.717, 1.165) is 17.0 Å². The molecule has 0 heterocycles. The van der Waals surface area contributed by atoms with Crippen molar-refractivity contribution >= 4 is 27.3 Å². The van der Waals surface area contributed by atoms with Crippen LogP contribution in [-0.4, -0.2) is 26.6 Å². The van der Waals surface area contributed by atoms with Crippen LogP contribution in [0, 0.1) is 0 Å². The summed E-state index contributed by atoms with van der Waals surface area (Å²) in [5.41, 5.74) is 2.28. The summed E-state index contributed by atoms with van der Waals surface area (Å²) >= 11 is 0. The molecule has 1 amide bonds. The van der Waals surface area contributed by atoms with Crippen LogP contribution >= 0.6 is 0 Å². The summed E-state index contributed by atoms with van der Waals surface area (Å²) in [6.07, 6.45) is 2.01. The second kappa shape index (κ2) is 7.49. The van der Waals surface area contributed by atoms with E-state index in [1.165, 1.54) is 5.56 Å². The van der Waals surface area contributed by atoms with Gasteiger partial charge in [-0.25, -0.2) is 8.42 Å². The Morgan fingerprint density at radius 3 is 2.17 bits per heavy atom. The first kappa shape index (κ1) is 18.0. The van der Waals surface area contributed by atoms with E-state index in [1.807, 2.05) is 24.3 Å². The van der Waals surface area contributed by atoms with Gasteiger partial charge in [0.05, 0.1) is 11.9 Å². The maximum absolute atomic E-state index is 12.5. The standard InChI is InChI=1S/C18H22N2O3S/c1-4-15-10-12-16(13-11-15)19-18(21)14(2)20(24(3,22)23)17-8-6-5-7-9-17/h5-14H,4H2,1-3H3,(H,19,21)/t14-/m1/s1. The molecule has 0 radical (unpaired) electrons. The lowest BCUT2D eigenvalue weighted by Gasteiger charge is -2.28. The molecule has 2 aromatic carbocycles. The molecule has 0 aliphatic rings. The van der Waals surface area contributed by atoms with E-state index < -0.39 is 16.1 Å². The highest BCUT2D eigenvalue weighted by Gasteiger charge is 2.28. The van der Waals surface area contributed by atoms with E-state index in [-0.39, 0.29) is 5.91 Å². The monoisotopic (exact) mass is 346 g/mol. The van der Waals surface area contributed by atoms with Crippen molar-refractivity contribution in [3.63, 3.8) is 0 Å². The summed E-state index contributed by atoms with van der Waals surface area (Å²) in [6.45, 7) is 3.63. The number of sulfonamides is 1. The predicted molar refractivity (Wildman–Crippen MR) is 97.7 cm³/mol. The molecular weight excluding hydrogens is 324 g/mol. The Balaban J connectivity index is 2.22. The van der Waals surface area contributed by atoms with Gasteiger partial charge in [-0.3, -0.25) is 9.10 Å². The van der Waals surface area contributed by atoms with E-state index in [2.05, 4.69) is 12.2 Å². The highest BCUT2D eigenvalue weighted by atomic mass is 32.2. The quantitative estimate of drug-likeness (QED) is 0.874. The van der Waals surface area contributed by atoms with E-state index in [1.54, 1.807) is 37.3 Å². The molecule has 0 fully saturated rings. The fraction of sp³-hybridized carbons (Fsp3) is 0.278. The summed E-state index contributed by atoms with van der Waals surface area (Å²) in [7, 11) is -3.59. The average Bonchev–Trinajstić information content (AvgIpc) is 2.55. The summed E-state index contributed by atoms with van der Waals surface area (Å²) in [5, 5.41) is 2.77. The van der Waals surface area contributed by atoms with Gasteiger partial charge >= 0.3 is 0 Å². The van der Waals surface area contributed by atoms with Crippen molar-refractivity contribution in [3.05, 3.63) is 60.2 Å². The first-order valence-electron chi connectivity index (χ1n) is 7.77. The number of hydrogen-bond donors (Lipinski definition) is 1. The van der Waals surface area contributed by atoms with E-state index in [4.69, 9.17) is 0 Å². The zero-order valence-corrected chi connectivity index (χ0v) is 14.9. The van der Waals surface area contributed by atoms with Gasteiger partial charge in [-0.15, -0.1) is 0 Å². The van der Waals surface area contributed by atoms with Gasteiger partial charge in [0.15, 0.2) is 0 Å². The number of amides is 1. The minimum Gasteiger partial charge on any atom is -0.324 e. The molecule has 0 saturated heterocycles. The molecular formula is C18H22N2O3S. The third-order valence-electron chi connectivity index (χ3n) is 3.73. The molecule has 2 aromatic rings. The van der Waals surface area contributed by atoms with Crippen LogP contribution < -0.4 is 9.62 Å². The van der Waals surface area contributed by atoms with Crippen LogP contribution in [0.5, 0.6) is 0 Å². The smallest absolute Gasteiger partial charge is 0.247 e. The van der Waals surface area contributed by atoms with Crippen LogP contribution in [0.15, 0.2) is 54.6 Å². The highest BCUT2D eigenvalue weighted by molar-refractivity contribution is 7.92. The van der Waals surface area contributed by atoms with Crippen molar-refractivity contribution in [2.24, 2.45) is 0 Å². The Morgan fingerprint density at radius 1 is 1.08 bits per heavy atom. The molecule has 0 unspecified atom stereocenters. The Morgan fingerprint density at radius 2 is 1.67 bits per heavy atom. The van der Waals surface area contributed by atoms with Crippen LogP contribution in [-0.2, 0) is 21.2 Å².